The molecule has 0 bridgehead atoms. The number of pyridine rings is 1. The third kappa shape index (κ3) is 4.36. The number of rotatable bonds is 7. The zero-order chi connectivity index (χ0) is 24.5. The molecule has 0 saturated carbocycles. The molecule has 6 nitrogen and oxygen atoms in total. The molecule has 0 saturated heterocycles. The van der Waals surface area contributed by atoms with Gasteiger partial charge in [-0.25, -0.2) is 4.98 Å². The predicted octanol–water partition coefficient (Wildman–Crippen LogP) is 6.58. The summed E-state index contributed by atoms with van der Waals surface area (Å²) in [6, 6.07) is 17.6. The molecule has 0 N–H and O–H groups in total. The number of benzene rings is 2. The van der Waals surface area contributed by atoms with E-state index in [-0.39, 0.29) is 17.1 Å². The topological polar surface area (TPSA) is 72.6 Å². The Kier molecular flexibility index (Phi) is 6.43. The number of hydrogen-bond donors (Lipinski definition) is 0. The Morgan fingerprint density at radius 1 is 1.06 bits per heavy atom. The van der Waals surface area contributed by atoms with E-state index < -0.39 is 6.04 Å². The van der Waals surface area contributed by atoms with Crippen LogP contribution in [0.25, 0.3) is 11.0 Å². The molecule has 5 rings (SSSR count). The number of nitrogens with zero attached hydrogens (tertiary/aromatic N) is 2. The van der Waals surface area contributed by atoms with Crippen LogP contribution >= 0.6 is 15.9 Å². The number of carbonyl (C=O) groups excluding carboxylic acids is 1. The van der Waals surface area contributed by atoms with Gasteiger partial charge in [0.15, 0.2) is 5.43 Å². The molecule has 1 amide bonds. The smallest absolute Gasteiger partial charge is 0.296 e. The summed E-state index contributed by atoms with van der Waals surface area (Å²) >= 11 is 3.43. The molecule has 0 fully saturated rings. The average molecular weight is 533 g/mol. The van der Waals surface area contributed by atoms with Gasteiger partial charge >= 0.3 is 0 Å². The van der Waals surface area contributed by atoms with E-state index in [1.807, 2.05) is 43.3 Å². The molecule has 7 heteroatoms. The standard InChI is InChI=1S/C28H25BrN2O4/c1-3-4-5-15-34-20-12-9-18(10-13-20)25-24-26(32)21-16-19(29)11-14-22(21)35-27(24)28(33)31(25)23-8-6-7-17(2)30-23/h6-14,16,25H,3-5,15H2,1-2H3. The maximum absolute atomic E-state index is 13.7. The van der Waals surface area contributed by atoms with Crippen LogP contribution < -0.4 is 15.1 Å². The number of aromatic nitrogens is 1. The van der Waals surface area contributed by atoms with E-state index in [9.17, 15) is 9.59 Å². The number of anilines is 1. The maximum atomic E-state index is 13.7. The van der Waals surface area contributed by atoms with E-state index >= 15 is 0 Å². The number of ether oxygens (including phenoxy) is 1. The van der Waals surface area contributed by atoms with Gasteiger partial charge in [-0.1, -0.05) is 53.9 Å². The fourth-order valence-corrected chi connectivity index (χ4v) is 4.81. The van der Waals surface area contributed by atoms with Crippen LogP contribution in [-0.4, -0.2) is 17.5 Å². The van der Waals surface area contributed by atoms with Crippen molar-refractivity contribution >= 4 is 38.6 Å². The van der Waals surface area contributed by atoms with Crippen LogP contribution in [0.15, 0.2) is 74.3 Å². The number of fused-ring (bicyclic) bond motifs is 2. The van der Waals surface area contributed by atoms with Gasteiger partial charge in [0, 0.05) is 10.2 Å². The first kappa shape index (κ1) is 23.3. The molecule has 0 spiro atoms. The van der Waals surface area contributed by atoms with Crippen LogP contribution in [0.4, 0.5) is 5.82 Å². The number of hydrogen-bond acceptors (Lipinski definition) is 5. The van der Waals surface area contributed by atoms with Crippen molar-refractivity contribution in [3.8, 4) is 5.75 Å². The molecule has 1 atom stereocenters. The zero-order valence-corrected chi connectivity index (χ0v) is 21.2. The number of unbranched alkanes of at least 4 members (excludes halogenated alkanes) is 2. The van der Waals surface area contributed by atoms with Gasteiger partial charge in [0.05, 0.1) is 23.6 Å². The first-order valence-electron chi connectivity index (χ1n) is 11.7. The highest BCUT2D eigenvalue weighted by molar-refractivity contribution is 9.10. The van der Waals surface area contributed by atoms with Crippen LogP contribution in [0.2, 0.25) is 0 Å². The van der Waals surface area contributed by atoms with E-state index in [0.717, 1.165) is 40.7 Å². The van der Waals surface area contributed by atoms with Crippen LogP contribution in [0, 0.1) is 6.92 Å². The number of halogens is 1. The quantitative estimate of drug-likeness (QED) is 0.251. The Labute approximate surface area is 211 Å². The summed E-state index contributed by atoms with van der Waals surface area (Å²) in [5.41, 5.74) is 2.02. The fourth-order valence-electron chi connectivity index (χ4n) is 4.45. The van der Waals surface area contributed by atoms with Gasteiger partial charge in [-0.2, -0.15) is 0 Å². The van der Waals surface area contributed by atoms with E-state index in [1.165, 1.54) is 0 Å². The Balaban J connectivity index is 1.63. The minimum absolute atomic E-state index is 0.0537. The summed E-state index contributed by atoms with van der Waals surface area (Å²) in [6.45, 7) is 4.68. The van der Waals surface area contributed by atoms with E-state index in [0.29, 0.717) is 29.0 Å². The summed E-state index contributed by atoms with van der Waals surface area (Å²) in [5, 5.41) is 0.422. The third-order valence-electron chi connectivity index (χ3n) is 6.17. The Hall–Kier alpha value is -3.45. The van der Waals surface area contributed by atoms with Gasteiger partial charge in [0.1, 0.15) is 17.2 Å². The van der Waals surface area contributed by atoms with E-state index in [2.05, 4.69) is 27.8 Å². The molecule has 1 aliphatic heterocycles. The lowest BCUT2D eigenvalue weighted by atomic mass is 9.98. The van der Waals surface area contributed by atoms with Gasteiger partial charge in [0.25, 0.3) is 5.91 Å². The SMILES string of the molecule is CCCCCOc1ccc(C2c3c(oc4ccc(Br)cc4c3=O)C(=O)N2c2cccc(C)n2)cc1. The monoisotopic (exact) mass is 532 g/mol. The molecular formula is C28H25BrN2O4. The molecular weight excluding hydrogens is 508 g/mol. The minimum Gasteiger partial charge on any atom is -0.494 e. The summed E-state index contributed by atoms with van der Waals surface area (Å²) < 4.78 is 12.6. The van der Waals surface area contributed by atoms with Crippen molar-refractivity contribution < 1.29 is 13.9 Å². The second-order valence-electron chi connectivity index (χ2n) is 8.65. The summed E-state index contributed by atoms with van der Waals surface area (Å²) in [6.07, 6.45) is 3.25. The molecule has 0 radical (unpaired) electrons. The van der Waals surface area contributed by atoms with Crippen molar-refractivity contribution in [3.63, 3.8) is 0 Å². The van der Waals surface area contributed by atoms with Crippen LogP contribution in [0.5, 0.6) is 5.75 Å². The molecule has 178 valence electrons. The van der Waals surface area contributed by atoms with Crippen molar-refractivity contribution in [2.75, 3.05) is 11.5 Å². The van der Waals surface area contributed by atoms with Crippen molar-refractivity contribution in [2.45, 2.75) is 39.2 Å². The Bertz CT molecular complexity index is 1460. The van der Waals surface area contributed by atoms with Crippen molar-refractivity contribution in [1.29, 1.82) is 0 Å². The highest BCUT2D eigenvalue weighted by atomic mass is 79.9. The maximum Gasteiger partial charge on any atom is 0.296 e. The number of amides is 1. The third-order valence-corrected chi connectivity index (χ3v) is 6.66. The highest BCUT2D eigenvalue weighted by Crippen LogP contribution is 2.41. The minimum atomic E-state index is -0.666. The Morgan fingerprint density at radius 2 is 1.86 bits per heavy atom. The lowest BCUT2D eigenvalue weighted by molar-refractivity contribution is 0.0970. The zero-order valence-electron chi connectivity index (χ0n) is 19.6. The van der Waals surface area contributed by atoms with Crippen molar-refractivity contribution in [1.82, 2.24) is 4.98 Å². The lowest BCUT2D eigenvalue weighted by Gasteiger charge is -2.24. The molecule has 4 aromatic rings. The molecule has 35 heavy (non-hydrogen) atoms. The predicted molar refractivity (Wildman–Crippen MR) is 139 cm³/mol. The Morgan fingerprint density at radius 3 is 2.60 bits per heavy atom. The summed E-state index contributed by atoms with van der Waals surface area (Å²) in [5.74, 6) is 0.892. The number of carbonyl (C=O) groups is 1. The van der Waals surface area contributed by atoms with Crippen molar-refractivity contribution in [3.05, 3.63) is 97.9 Å². The molecule has 1 aliphatic rings. The van der Waals surface area contributed by atoms with Crippen LogP contribution in [0.3, 0.4) is 0 Å². The van der Waals surface area contributed by atoms with Crippen LogP contribution in [-0.2, 0) is 0 Å². The average Bonchev–Trinajstić information content (AvgIpc) is 3.15. The van der Waals surface area contributed by atoms with Gasteiger partial charge in [-0.15, -0.1) is 0 Å². The normalized spacial score (nSPS) is 15.0. The first-order valence-corrected chi connectivity index (χ1v) is 12.5. The summed E-state index contributed by atoms with van der Waals surface area (Å²) in [7, 11) is 0. The largest absolute Gasteiger partial charge is 0.494 e. The molecule has 1 unspecified atom stereocenters. The van der Waals surface area contributed by atoms with E-state index in [1.54, 1.807) is 29.2 Å². The van der Waals surface area contributed by atoms with Gasteiger partial charge in [0.2, 0.25) is 5.76 Å². The van der Waals surface area contributed by atoms with E-state index in [4.69, 9.17) is 9.15 Å². The van der Waals surface area contributed by atoms with Gasteiger partial charge < -0.3 is 9.15 Å². The molecule has 0 aliphatic carbocycles. The van der Waals surface area contributed by atoms with Gasteiger partial charge in [-0.3, -0.25) is 14.5 Å². The van der Waals surface area contributed by atoms with Crippen LogP contribution in [0.1, 0.15) is 59.6 Å². The number of aryl methyl sites for hydroxylation is 1. The second-order valence-corrected chi connectivity index (χ2v) is 9.57. The van der Waals surface area contributed by atoms with Gasteiger partial charge in [-0.05, 0) is 61.4 Å². The molecule has 2 aromatic heterocycles. The first-order chi connectivity index (χ1) is 17.0. The summed E-state index contributed by atoms with van der Waals surface area (Å²) in [4.78, 5) is 33.5. The highest BCUT2D eigenvalue weighted by Gasteiger charge is 2.44. The van der Waals surface area contributed by atoms with Crippen molar-refractivity contribution in [2.24, 2.45) is 0 Å². The molecule has 2 aromatic carbocycles. The second kappa shape index (κ2) is 9.66. The molecule has 3 heterocycles. The lowest BCUT2D eigenvalue weighted by Crippen LogP contribution is -2.30. The fraction of sp³-hybridized carbons (Fsp3) is 0.250.